The normalized spacial score (nSPS) is 10.4. The second-order valence-corrected chi connectivity index (χ2v) is 5.06. The lowest BCUT2D eigenvalue weighted by atomic mass is 10.2. The number of hydrogen-bond donors (Lipinski definition) is 2. The van der Waals surface area contributed by atoms with Crippen LogP contribution in [0.2, 0.25) is 10.2 Å². The van der Waals surface area contributed by atoms with Crippen LogP contribution >= 0.6 is 23.2 Å². The number of halogens is 2. The first-order valence-corrected chi connectivity index (χ1v) is 7.35. The summed E-state index contributed by atoms with van der Waals surface area (Å²) in [4.78, 5) is 27.9. The van der Waals surface area contributed by atoms with Crippen LogP contribution in [0, 0.1) is 0 Å². The van der Waals surface area contributed by atoms with Crippen LogP contribution in [0.15, 0.2) is 6.07 Å². The van der Waals surface area contributed by atoms with Gasteiger partial charge >= 0.3 is 0 Å². The zero-order valence-corrected chi connectivity index (χ0v) is 13.1. The van der Waals surface area contributed by atoms with Gasteiger partial charge in [0.05, 0.1) is 5.02 Å². The molecule has 0 fully saturated rings. The highest BCUT2D eigenvalue weighted by atomic mass is 35.5. The van der Waals surface area contributed by atoms with Gasteiger partial charge in [-0.05, 0) is 26.3 Å². The van der Waals surface area contributed by atoms with Crippen molar-refractivity contribution < 1.29 is 9.59 Å². The molecule has 1 aromatic heterocycles. The van der Waals surface area contributed by atoms with Crippen LogP contribution in [0.1, 0.15) is 37.2 Å². The van der Waals surface area contributed by atoms with Gasteiger partial charge in [0.15, 0.2) is 0 Å². The zero-order valence-electron chi connectivity index (χ0n) is 11.6. The van der Waals surface area contributed by atoms with Gasteiger partial charge in [0.25, 0.3) is 5.91 Å². The topological polar surface area (TPSA) is 65.2 Å². The zero-order chi connectivity index (χ0) is 15.1. The Kier molecular flexibility index (Phi) is 6.88. The SMILES string of the molecule is CCN(CC)C(=O)CCCNC(=O)c1cc(Cl)c(Cl)[nH]1. The quantitative estimate of drug-likeness (QED) is 0.759. The smallest absolute Gasteiger partial charge is 0.267 e. The first-order valence-electron chi connectivity index (χ1n) is 6.59. The van der Waals surface area contributed by atoms with E-state index in [-0.39, 0.29) is 17.0 Å². The van der Waals surface area contributed by atoms with Crippen molar-refractivity contribution in [1.29, 1.82) is 0 Å². The third-order valence-corrected chi connectivity index (χ3v) is 3.63. The van der Waals surface area contributed by atoms with Gasteiger partial charge in [0.1, 0.15) is 10.8 Å². The Hall–Kier alpha value is -1.20. The van der Waals surface area contributed by atoms with Crippen LogP contribution in [-0.2, 0) is 4.79 Å². The number of rotatable bonds is 7. The van der Waals surface area contributed by atoms with E-state index in [9.17, 15) is 9.59 Å². The van der Waals surface area contributed by atoms with Crippen molar-refractivity contribution in [3.63, 3.8) is 0 Å². The van der Waals surface area contributed by atoms with Crippen LogP contribution in [-0.4, -0.2) is 41.3 Å². The Labute approximate surface area is 128 Å². The highest BCUT2D eigenvalue weighted by molar-refractivity contribution is 6.41. The van der Waals surface area contributed by atoms with Gasteiger partial charge < -0.3 is 15.2 Å². The molecule has 5 nitrogen and oxygen atoms in total. The van der Waals surface area contributed by atoms with Crippen molar-refractivity contribution >= 4 is 35.0 Å². The molecule has 0 aliphatic carbocycles. The van der Waals surface area contributed by atoms with E-state index in [4.69, 9.17) is 23.2 Å². The van der Waals surface area contributed by atoms with Gasteiger partial charge in [-0.1, -0.05) is 23.2 Å². The van der Waals surface area contributed by atoms with Crippen LogP contribution in [0.4, 0.5) is 0 Å². The molecule has 0 unspecified atom stereocenters. The molecule has 0 saturated carbocycles. The average Bonchev–Trinajstić information content (AvgIpc) is 2.76. The Morgan fingerprint density at radius 1 is 1.30 bits per heavy atom. The van der Waals surface area contributed by atoms with E-state index in [1.807, 2.05) is 13.8 Å². The number of carbonyl (C=O) groups is 2. The molecule has 1 heterocycles. The second-order valence-electron chi connectivity index (χ2n) is 4.27. The fraction of sp³-hybridized carbons (Fsp3) is 0.538. The summed E-state index contributed by atoms with van der Waals surface area (Å²) in [6.07, 6.45) is 1.03. The van der Waals surface area contributed by atoms with Crippen LogP contribution in [0.5, 0.6) is 0 Å². The molecule has 1 aromatic rings. The summed E-state index contributed by atoms with van der Waals surface area (Å²) >= 11 is 11.5. The van der Waals surface area contributed by atoms with Gasteiger partial charge in [0.2, 0.25) is 5.91 Å². The summed E-state index contributed by atoms with van der Waals surface area (Å²) in [6, 6.07) is 1.47. The minimum atomic E-state index is -0.283. The van der Waals surface area contributed by atoms with Crippen molar-refractivity contribution in [2.24, 2.45) is 0 Å². The Bertz CT molecular complexity index is 451. The van der Waals surface area contributed by atoms with E-state index < -0.39 is 0 Å². The van der Waals surface area contributed by atoms with E-state index in [0.717, 1.165) is 0 Å². The molecule has 0 aromatic carbocycles. The Morgan fingerprint density at radius 2 is 1.95 bits per heavy atom. The maximum Gasteiger partial charge on any atom is 0.267 e. The average molecular weight is 320 g/mol. The molecule has 0 atom stereocenters. The number of nitrogens with zero attached hydrogens (tertiary/aromatic N) is 1. The number of H-pyrrole nitrogens is 1. The second kappa shape index (κ2) is 8.17. The molecule has 2 amide bonds. The summed E-state index contributed by atoms with van der Waals surface area (Å²) in [6.45, 7) is 5.74. The van der Waals surface area contributed by atoms with Gasteiger partial charge in [0, 0.05) is 26.1 Å². The lowest BCUT2D eigenvalue weighted by Gasteiger charge is -2.18. The van der Waals surface area contributed by atoms with Gasteiger partial charge in [-0.25, -0.2) is 0 Å². The number of nitrogens with one attached hydrogen (secondary N) is 2. The number of hydrogen-bond acceptors (Lipinski definition) is 2. The monoisotopic (exact) mass is 319 g/mol. The first-order chi connectivity index (χ1) is 9.49. The lowest BCUT2D eigenvalue weighted by Crippen LogP contribution is -2.31. The molecule has 7 heteroatoms. The summed E-state index contributed by atoms with van der Waals surface area (Å²) < 4.78 is 0. The maximum absolute atomic E-state index is 11.7. The van der Waals surface area contributed by atoms with Crippen molar-refractivity contribution in [1.82, 2.24) is 15.2 Å². The minimum Gasteiger partial charge on any atom is -0.351 e. The van der Waals surface area contributed by atoms with Crippen molar-refractivity contribution in [3.8, 4) is 0 Å². The number of aromatic nitrogens is 1. The molecule has 20 heavy (non-hydrogen) atoms. The predicted octanol–water partition coefficient (Wildman–Crippen LogP) is 2.70. The van der Waals surface area contributed by atoms with Gasteiger partial charge in [-0.3, -0.25) is 9.59 Å². The molecular formula is C13H19Cl2N3O2. The number of carbonyl (C=O) groups excluding carboxylic acids is 2. The molecule has 2 N–H and O–H groups in total. The maximum atomic E-state index is 11.7. The third-order valence-electron chi connectivity index (χ3n) is 2.94. The van der Waals surface area contributed by atoms with Crippen LogP contribution in [0.3, 0.4) is 0 Å². The molecule has 0 bridgehead atoms. The standard InChI is InChI=1S/C13H19Cl2N3O2/c1-3-18(4-2)11(19)6-5-7-16-13(20)10-8-9(14)12(15)17-10/h8,17H,3-7H2,1-2H3,(H,16,20). The molecule has 0 aliphatic heterocycles. The largest absolute Gasteiger partial charge is 0.351 e. The van der Waals surface area contributed by atoms with E-state index in [2.05, 4.69) is 10.3 Å². The predicted molar refractivity (Wildman–Crippen MR) is 80.3 cm³/mol. The molecule has 0 aliphatic rings. The fourth-order valence-corrected chi connectivity index (χ4v) is 2.11. The van der Waals surface area contributed by atoms with E-state index in [1.54, 1.807) is 4.90 Å². The highest BCUT2D eigenvalue weighted by Gasteiger charge is 2.12. The van der Waals surface area contributed by atoms with E-state index in [0.29, 0.717) is 43.2 Å². The fourth-order valence-electron chi connectivity index (χ4n) is 1.80. The lowest BCUT2D eigenvalue weighted by molar-refractivity contribution is -0.130. The van der Waals surface area contributed by atoms with E-state index >= 15 is 0 Å². The summed E-state index contributed by atoms with van der Waals surface area (Å²) in [5, 5.41) is 3.27. The summed E-state index contributed by atoms with van der Waals surface area (Å²) in [5.41, 5.74) is 0.315. The molecule has 112 valence electrons. The molecule has 0 saturated heterocycles. The van der Waals surface area contributed by atoms with Crippen LogP contribution < -0.4 is 5.32 Å². The van der Waals surface area contributed by atoms with Crippen LogP contribution in [0.25, 0.3) is 0 Å². The van der Waals surface area contributed by atoms with Gasteiger partial charge in [-0.2, -0.15) is 0 Å². The highest BCUT2D eigenvalue weighted by Crippen LogP contribution is 2.21. The molecular weight excluding hydrogens is 301 g/mol. The molecule has 0 spiro atoms. The Balaban J connectivity index is 2.31. The third kappa shape index (κ3) is 4.72. The van der Waals surface area contributed by atoms with Crippen molar-refractivity contribution in [2.75, 3.05) is 19.6 Å². The summed E-state index contributed by atoms with van der Waals surface area (Å²) in [7, 11) is 0. The minimum absolute atomic E-state index is 0.107. The molecule has 1 rings (SSSR count). The van der Waals surface area contributed by atoms with Crippen molar-refractivity contribution in [3.05, 3.63) is 21.9 Å². The first kappa shape index (κ1) is 16.9. The number of aromatic amines is 1. The van der Waals surface area contributed by atoms with E-state index in [1.165, 1.54) is 6.07 Å². The summed E-state index contributed by atoms with van der Waals surface area (Å²) in [5.74, 6) is -0.177. The van der Waals surface area contributed by atoms with Crippen molar-refractivity contribution in [2.45, 2.75) is 26.7 Å². The van der Waals surface area contributed by atoms with Gasteiger partial charge in [-0.15, -0.1) is 0 Å². The number of amides is 2. The Morgan fingerprint density at radius 3 is 2.45 bits per heavy atom. The molecule has 0 radical (unpaired) electrons.